The first kappa shape index (κ1) is 51.8. The quantitative estimate of drug-likeness (QED) is 0.185. The standard InChI is InChI=1S/2C9H20N.C3BN3.CH3.2ClH.2K.H2O/c2*1-3-4-7-10(2)8-5-6-9-10;5-1-4(2-6)3-7;;;;;;/h2*3-9H2,1-2H3;;1H3;2*1H;;;1H2/q2*+1;;-1;;;2*+1;/p-2. The van der Waals surface area contributed by atoms with Crippen LogP contribution in [0.5, 0.6) is 0 Å². The molecule has 0 spiro atoms. The van der Waals surface area contributed by atoms with Crippen molar-refractivity contribution < 1.29 is 142 Å². The maximum atomic E-state index is 7.83. The Bertz CT molecular complexity index is 471. The predicted octanol–water partition coefficient (Wildman–Crippen LogP) is -8.64. The van der Waals surface area contributed by atoms with E-state index in [-0.39, 0.29) is 140 Å². The zero-order valence-corrected chi connectivity index (χ0v) is 30.2. The van der Waals surface area contributed by atoms with Crippen molar-refractivity contribution in [3.8, 4) is 17.9 Å². The molecule has 0 aliphatic carbocycles. The van der Waals surface area contributed by atoms with Crippen molar-refractivity contribution in [2.45, 2.75) is 65.2 Å². The average molecular weight is 556 g/mol. The van der Waals surface area contributed by atoms with Crippen molar-refractivity contribution in [3.05, 3.63) is 7.43 Å². The van der Waals surface area contributed by atoms with Crippen LogP contribution in [0.2, 0.25) is 0 Å². The first-order valence-electron chi connectivity index (χ1n) is 10.7. The molecule has 0 unspecified atom stereocenters. The molecule has 0 atom stereocenters. The van der Waals surface area contributed by atoms with Crippen LogP contribution in [-0.2, 0) is 0 Å². The molecule has 2 aliphatic heterocycles. The van der Waals surface area contributed by atoms with Crippen molar-refractivity contribution in [2.24, 2.45) is 0 Å². The van der Waals surface area contributed by atoms with E-state index in [1.165, 1.54) is 118 Å². The fourth-order valence-corrected chi connectivity index (χ4v) is 3.81. The van der Waals surface area contributed by atoms with Gasteiger partial charge in [-0.25, -0.2) is 15.8 Å². The van der Waals surface area contributed by atoms with E-state index in [1.54, 1.807) is 0 Å². The molecule has 0 amide bonds. The van der Waals surface area contributed by atoms with Gasteiger partial charge in [-0.1, -0.05) is 26.7 Å². The molecule has 2 rings (SSSR count). The number of hydrogen-bond donors (Lipinski definition) is 0. The number of rotatable bonds is 6. The first-order chi connectivity index (χ1) is 12.9. The molecule has 0 radical (unpaired) electrons. The Labute approximate surface area is 303 Å². The third kappa shape index (κ3) is 27.1. The van der Waals surface area contributed by atoms with Gasteiger partial charge in [0.15, 0.2) is 0 Å². The Morgan fingerprint density at radius 3 is 1.06 bits per heavy atom. The van der Waals surface area contributed by atoms with Crippen LogP contribution in [0.15, 0.2) is 0 Å². The van der Waals surface area contributed by atoms with Crippen LogP contribution in [0.1, 0.15) is 65.2 Å². The van der Waals surface area contributed by atoms with Gasteiger partial charge in [0.1, 0.15) is 0 Å². The first-order valence-corrected chi connectivity index (χ1v) is 10.7. The normalized spacial score (nSPS) is 15.2. The molecule has 0 aromatic carbocycles. The molecule has 0 saturated carbocycles. The number of nitrogens with zero attached hydrogens (tertiary/aromatic N) is 5. The van der Waals surface area contributed by atoms with E-state index in [2.05, 4.69) is 27.9 Å². The molecular weight excluding hydrogens is 510 g/mol. The van der Waals surface area contributed by atoms with Crippen LogP contribution in [0.3, 0.4) is 0 Å². The Kier molecular flexibility index (Phi) is 50.7. The summed E-state index contributed by atoms with van der Waals surface area (Å²) in [7, 11) is 4.81. The summed E-state index contributed by atoms with van der Waals surface area (Å²) in [6.45, 7) is 12.0. The smallest absolute Gasteiger partial charge is 1.00 e. The van der Waals surface area contributed by atoms with Crippen LogP contribution in [-0.4, -0.2) is 74.5 Å². The number of unbranched alkanes of at least 4 members (excludes halogenated alkanes) is 2. The van der Waals surface area contributed by atoms with E-state index in [4.69, 9.17) is 15.8 Å². The molecule has 2 fully saturated rings. The van der Waals surface area contributed by atoms with E-state index in [9.17, 15) is 0 Å². The molecule has 0 bridgehead atoms. The summed E-state index contributed by atoms with van der Waals surface area (Å²) >= 11 is 0. The molecule has 2 saturated heterocycles. The van der Waals surface area contributed by atoms with Gasteiger partial charge in [-0.05, 0) is 12.8 Å². The molecule has 182 valence electrons. The van der Waals surface area contributed by atoms with Gasteiger partial charge in [-0.15, -0.1) is 0 Å². The molecule has 2 N–H and O–H groups in total. The molecule has 33 heavy (non-hydrogen) atoms. The summed E-state index contributed by atoms with van der Waals surface area (Å²) in [6, 6.07) is 0. The number of halogens is 2. The summed E-state index contributed by atoms with van der Waals surface area (Å²) in [5.74, 6) is 4.44. The Balaban J connectivity index is -0.0000000572. The Morgan fingerprint density at radius 2 is 0.909 bits per heavy atom. The van der Waals surface area contributed by atoms with Crippen molar-refractivity contribution in [1.82, 2.24) is 0 Å². The zero-order valence-electron chi connectivity index (χ0n) is 22.5. The Hall–Kier alpha value is 2.27. The largest absolute Gasteiger partial charge is 1.00 e. The van der Waals surface area contributed by atoms with E-state index in [1.807, 2.05) is 0 Å². The van der Waals surface area contributed by atoms with Gasteiger partial charge in [0.25, 0.3) is 0 Å². The second kappa shape index (κ2) is 32.3. The van der Waals surface area contributed by atoms with Crippen molar-refractivity contribution in [2.75, 3.05) is 53.4 Å². The van der Waals surface area contributed by atoms with E-state index in [0.717, 1.165) is 0 Å². The maximum Gasteiger partial charge on any atom is 1.00 e. The van der Waals surface area contributed by atoms with Gasteiger partial charge in [0.05, 0.1) is 53.4 Å². The Morgan fingerprint density at radius 1 is 0.667 bits per heavy atom. The van der Waals surface area contributed by atoms with Gasteiger partial charge in [0, 0.05) is 43.6 Å². The number of quaternary nitrogens is 2. The third-order valence-corrected chi connectivity index (χ3v) is 5.78. The van der Waals surface area contributed by atoms with Crippen LogP contribution in [0.4, 0.5) is 0 Å². The van der Waals surface area contributed by atoms with Crippen LogP contribution in [0, 0.1) is 41.1 Å². The minimum Gasteiger partial charge on any atom is -1.00 e. The zero-order chi connectivity index (χ0) is 20.6. The van der Waals surface area contributed by atoms with E-state index < -0.39 is 6.71 Å². The van der Waals surface area contributed by atoms with Crippen LogP contribution < -0.4 is 128 Å². The molecule has 0 aromatic rings. The number of likely N-dealkylation sites (tertiary alicyclic amines) is 2. The van der Waals surface area contributed by atoms with Gasteiger partial charge >= 0.3 is 109 Å². The minimum atomic E-state index is -1.10. The molecule has 2 aliphatic rings. The van der Waals surface area contributed by atoms with Crippen molar-refractivity contribution >= 4 is 6.71 Å². The molecule has 2 heterocycles. The second-order valence-corrected chi connectivity index (χ2v) is 8.52. The molecule has 11 heteroatoms. The monoisotopic (exact) mass is 554 g/mol. The molecule has 0 aromatic heterocycles. The summed E-state index contributed by atoms with van der Waals surface area (Å²) in [5.41, 5.74) is 0. The predicted molar refractivity (Wildman–Crippen MR) is 122 cm³/mol. The van der Waals surface area contributed by atoms with Crippen molar-refractivity contribution in [1.29, 1.82) is 15.8 Å². The fourth-order valence-electron chi connectivity index (χ4n) is 3.81. The van der Waals surface area contributed by atoms with Gasteiger partial charge in [-0.3, -0.25) is 0 Å². The average Bonchev–Trinajstić information content (AvgIpc) is 3.30. The van der Waals surface area contributed by atoms with Crippen molar-refractivity contribution in [3.63, 3.8) is 0 Å². The topological polar surface area (TPSA) is 103 Å². The van der Waals surface area contributed by atoms with Gasteiger partial charge in [-0.2, -0.15) is 0 Å². The number of nitriles is 3. The third-order valence-electron chi connectivity index (χ3n) is 5.78. The number of hydrogen-bond acceptors (Lipinski definition) is 3. The molecule has 6 nitrogen and oxygen atoms in total. The molecular formula is C22H45BCl2K2N5O+. The van der Waals surface area contributed by atoms with E-state index >= 15 is 0 Å². The second-order valence-electron chi connectivity index (χ2n) is 8.52. The summed E-state index contributed by atoms with van der Waals surface area (Å²) in [5, 5.41) is 23.5. The van der Waals surface area contributed by atoms with Gasteiger partial charge in [0.2, 0.25) is 0 Å². The van der Waals surface area contributed by atoms with E-state index in [0.29, 0.717) is 0 Å². The van der Waals surface area contributed by atoms with Crippen LogP contribution >= 0.6 is 0 Å². The fraction of sp³-hybridized carbons (Fsp3) is 0.818. The SMILES string of the molecule is CCCC[N+]1(C)CCCC1.CCCC[N+]1(C)CCCC1.N#CB(C#N)C#N.O.[CH3-].[Cl-].[Cl-].[K+].[K+]. The van der Waals surface area contributed by atoms with Crippen LogP contribution in [0.25, 0.3) is 0 Å². The summed E-state index contributed by atoms with van der Waals surface area (Å²) < 4.78 is 2.71. The van der Waals surface area contributed by atoms with Gasteiger partial charge < -0.3 is 46.7 Å². The summed E-state index contributed by atoms with van der Waals surface area (Å²) in [6.07, 6.45) is 11.4. The minimum absolute atomic E-state index is 0. The summed E-state index contributed by atoms with van der Waals surface area (Å²) in [4.78, 5) is 0. The maximum absolute atomic E-state index is 7.83.